The van der Waals surface area contributed by atoms with Crippen LogP contribution < -0.4 is 5.32 Å². The molecule has 1 aliphatic heterocycles. The Hall–Kier alpha value is -1.88. The molecule has 1 aliphatic rings. The van der Waals surface area contributed by atoms with Crippen LogP contribution in [0.2, 0.25) is 0 Å². The van der Waals surface area contributed by atoms with Gasteiger partial charge < -0.3 is 15.3 Å². The van der Waals surface area contributed by atoms with E-state index in [1.807, 2.05) is 0 Å². The first kappa shape index (κ1) is 13.5. The van der Waals surface area contributed by atoms with Crippen LogP contribution in [-0.4, -0.2) is 41.5 Å². The molecule has 1 amide bonds. The lowest BCUT2D eigenvalue weighted by Crippen LogP contribution is -2.25. The van der Waals surface area contributed by atoms with Gasteiger partial charge in [-0.3, -0.25) is 4.79 Å². The number of carbonyl (C=O) groups excluding carboxylic acids is 1. The van der Waals surface area contributed by atoms with Crippen molar-refractivity contribution in [3.8, 4) is 0 Å². The Balaban J connectivity index is 1.84. The van der Waals surface area contributed by atoms with Gasteiger partial charge in [-0.2, -0.15) is 0 Å². The molecule has 19 heavy (non-hydrogen) atoms. The van der Waals surface area contributed by atoms with Gasteiger partial charge in [0.25, 0.3) is 0 Å². The first-order valence-corrected chi connectivity index (χ1v) is 6.51. The summed E-state index contributed by atoms with van der Waals surface area (Å²) in [5, 5.41) is 11.6. The minimum absolute atomic E-state index is 0.0746. The summed E-state index contributed by atoms with van der Waals surface area (Å²) in [5.41, 5.74) is 0.712. The van der Waals surface area contributed by atoms with Crippen molar-refractivity contribution in [3.63, 3.8) is 0 Å². The molecular formula is C14H18N2O3. The Morgan fingerprint density at radius 1 is 1.26 bits per heavy atom. The number of rotatable bonds is 5. The van der Waals surface area contributed by atoms with Gasteiger partial charge in [0, 0.05) is 18.7 Å². The summed E-state index contributed by atoms with van der Waals surface area (Å²) in [6.45, 7) is 2.91. The molecule has 5 heteroatoms. The van der Waals surface area contributed by atoms with Crippen LogP contribution in [0.15, 0.2) is 24.3 Å². The van der Waals surface area contributed by atoms with E-state index >= 15 is 0 Å². The summed E-state index contributed by atoms with van der Waals surface area (Å²) in [7, 11) is 0. The minimum atomic E-state index is -0.992. The van der Waals surface area contributed by atoms with Gasteiger partial charge in [0.15, 0.2) is 0 Å². The smallest absolute Gasteiger partial charge is 0.335 e. The number of likely N-dealkylation sites (tertiary alicyclic amines) is 1. The highest BCUT2D eigenvalue weighted by atomic mass is 16.4. The van der Waals surface area contributed by atoms with E-state index in [0.717, 1.165) is 19.6 Å². The zero-order valence-electron chi connectivity index (χ0n) is 10.8. The maximum atomic E-state index is 11.8. The summed E-state index contributed by atoms with van der Waals surface area (Å²) in [5.74, 6) is -1.07. The molecule has 1 fully saturated rings. The molecule has 1 saturated heterocycles. The number of carbonyl (C=O) groups is 2. The Bertz CT molecular complexity index is 468. The number of hydrogen-bond acceptors (Lipinski definition) is 3. The van der Waals surface area contributed by atoms with E-state index in [9.17, 15) is 9.59 Å². The molecule has 0 unspecified atom stereocenters. The number of hydrogen-bond donors (Lipinski definition) is 2. The van der Waals surface area contributed by atoms with Crippen LogP contribution >= 0.6 is 0 Å². The molecule has 1 aromatic carbocycles. The normalized spacial score (nSPS) is 15.4. The number of benzene rings is 1. The number of carboxylic acids is 1. The number of carboxylic acid groups (broad SMARTS) is 1. The second-order valence-electron chi connectivity index (χ2n) is 4.73. The zero-order chi connectivity index (χ0) is 13.7. The maximum absolute atomic E-state index is 11.8. The van der Waals surface area contributed by atoms with Crippen molar-refractivity contribution < 1.29 is 14.7 Å². The summed E-state index contributed by atoms with van der Waals surface area (Å²) in [4.78, 5) is 24.9. The first-order valence-electron chi connectivity index (χ1n) is 6.51. The zero-order valence-corrected chi connectivity index (χ0v) is 10.8. The molecule has 0 saturated carbocycles. The molecule has 5 nitrogen and oxygen atoms in total. The van der Waals surface area contributed by atoms with Gasteiger partial charge >= 0.3 is 5.97 Å². The molecule has 102 valence electrons. The van der Waals surface area contributed by atoms with E-state index in [1.54, 1.807) is 12.1 Å². The van der Waals surface area contributed by atoms with E-state index in [1.165, 1.54) is 25.0 Å². The van der Waals surface area contributed by atoms with Crippen LogP contribution in [0, 0.1) is 0 Å². The highest BCUT2D eigenvalue weighted by molar-refractivity contribution is 5.93. The SMILES string of the molecule is O=C(CCN1CCCC1)Nc1cccc(C(=O)O)c1. The average Bonchev–Trinajstić information content (AvgIpc) is 2.90. The first-order chi connectivity index (χ1) is 9.15. The van der Waals surface area contributed by atoms with E-state index < -0.39 is 5.97 Å². The van der Waals surface area contributed by atoms with Gasteiger partial charge in [0.05, 0.1) is 5.56 Å². The fourth-order valence-corrected chi connectivity index (χ4v) is 2.22. The molecular weight excluding hydrogens is 244 g/mol. The number of aromatic carboxylic acids is 1. The Morgan fingerprint density at radius 3 is 2.68 bits per heavy atom. The molecule has 0 atom stereocenters. The molecule has 0 aromatic heterocycles. The third kappa shape index (κ3) is 4.06. The minimum Gasteiger partial charge on any atom is -0.478 e. The van der Waals surface area contributed by atoms with Crippen molar-refractivity contribution in [1.29, 1.82) is 0 Å². The fraction of sp³-hybridized carbons (Fsp3) is 0.429. The van der Waals surface area contributed by atoms with Crippen molar-refractivity contribution in [2.45, 2.75) is 19.3 Å². The summed E-state index contributed by atoms with van der Waals surface area (Å²) in [6, 6.07) is 6.29. The Morgan fingerprint density at radius 2 is 2.00 bits per heavy atom. The standard InChI is InChI=1S/C14H18N2O3/c17-13(6-9-16-7-1-2-8-16)15-12-5-3-4-11(10-12)14(18)19/h3-5,10H,1-2,6-9H2,(H,15,17)(H,18,19). The lowest BCUT2D eigenvalue weighted by Gasteiger charge is -2.14. The molecule has 1 heterocycles. The topological polar surface area (TPSA) is 69.6 Å². The number of nitrogens with one attached hydrogen (secondary N) is 1. The van der Waals surface area contributed by atoms with Gasteiger partial charge in [-0.1, -0.05) is 6.07 Å². The van der Waals surface area contributed by atoms with Gasteiger partial charge in [0.2, 0.25) is 5.91 Å². The van der Waals surface area contributed by atoms with Crippen molar-refractivity contribution in [3.05, 3.63) is 29.8 Å². The highest BCUT2D eigenvalue weighted by Gasteiger charge is 2.13. The quantitative estimate of drug-likeness (QED) is 0.849. The van der Waals surface area contributed by atoms with E-state index in [2.05, 4.69) is 10.2 Å². The van der Waals surface area contributed by atoms with Crippen molar-refractivity contribution in [2.75, 3.05) is 25.0 Å². The molecule has 2 N–H and O–H groups in total. The van der Waals surface area contributed by atoms with Crippen molar-refractivity contribution in [2.24, 2.45) is 0 Å². The molecule has 1 aromatic rings. The van der Waals surface area contributed by atoms with Crippen LogP contribution in [0.5, 0.6) is 0 Å². The maximum Gasteiger partial charge on any atom is 0.335 e. The van der Waals surface area contributed by atoms with Crippen LogP contribution in [0.4, 0.5) is 5.69 Å². The Kier molecular flexibility index (Phi) is 4.52. The third-order valence-electron chi connectivity index (χ3n) is 3.25. The van der Waals surface area contributed by atoms with E-state index in [0.29, 0.717) is 12.1 Å². The number of amides is 1. The third-order valence-corrected chi connectivity index (χ3v) is 3.25. The van der Waals surface area contributed by atoms with E-state index in [-0.39, 0.29) is 11.5 Å². The number of nitrogens with zero attached hydrogens (tertiary/aromatic N) is 1. The second-order valence-corrected chi connectivity index (χ2v) is 4.73. The van der Waals surface area contributed by atoms with Gasteiger partial charge in [0.1, 0.15) is 0 Å². The Labute approximate surface area is 112 Å². The lowest BCUT2D eigenvalue weighted by molar-refractivity contribution is -0.116. The molecule has 0 spiro atoms. The molecule has 0 radical (unpaired) electrons. The highest BCUT2D eigenvalue weighted by Crippen LogP contribution is 2.12. The van der Waals surface area contributed by atoms with Crippen LogP contribution in [0.25, 0.3) is 0 Å². The number of anilines is 1. The lowest BCUT2D eigenvalue weighted by atomic mass is 10.2. The van der Waals surface area contributed by atoms with Crippen molar-refractivity contribution in [1.82, 2.24) is 4.90 Å². The largest absolute Gasteiger partial charge is 0.478 e. The average molecular weight is 262 g/mol. The predicted octanol–water partition coefficient (Wildman–Crippen LogP) is 1.81. The fourth-order valence-electron chi connectivity index (χ4n) is 2.22. The van der Waals surface area contributed by atoms with Gasteiger partial charge in [-0.15, -0.1) is 0 Å². The summed E-state index contributed by atoms with van der Waals surface area (Å²) < 4.78 is 0. The van der Waals surface area contributed by atoms with Crippen LogP contribution in [0.1, 0.15) is 29.6 Å². The summed E-state index contributed by atoms with van der Waals surface area (Å²) in [6.07, 6.45) is 2.86. The van der Waals surface area contributed by atoms with Crippen molar-refractivity contribution >= 4 is 17.6 Å². The molecule has 0 aliphatic carbocycles. The van der Waals surface area contributed by atoms with Crippen LogP contribution in [-0.2, 0) is 4.79 Å². The molecule has 0 bridgehead atoms. The predicted molar refractivity (Wildman–Crippen MR) is 72.3 cm³/mol. The monoisotopic (exact) mass is 262 g/mol. The van der Waals surface area contributed by atoms with Gasteiger partial charge in [-0.25, -0.2) is 4.79 Å². The van der Waals surface area contributed by atoms with Crippen LogP contribution in [0.3, 0.4) is 0 Å². The van der Waals surface area contributed by atoms with E-state index in [4.69, 9.17) is 5.11 Å². The molecule has 2 rings (SSSR count). The second kappa shape index (κ2) is 6.33. The van der Waals surface area contributed by atoms with Gasteiger partial charge in [-0.05, 0) is 44.1 Å². The summed E-state index contributed by atoms with van der Waals surface area (Å²) >= 11 is 0.